The van der Waals surface area contributed by atoms with Crippen molar-refractivity contribution in [1.82, 2.24) is 0 Å². The standard InChI is InChI=1S/C11H15Br2NO2/c1-6(14)4-7-8(12)5-9(15-2)11(16-3)10(7)13/h5-6H,4,14H2,1-3H3. The second kappa shape index (κ2) is 5.89. The Kier molecular flexibility index (Phi) is 5.08. The average molecular weight is 353 g/mol. The lowest BCUT2D eigenvalue weighted by molar-refractivity contribution is 0.352. The van der Waals surface area contributed by atoms with E-state index in [0.717, 1.165) is 20.9 Å². The number of rotatable bonds is 4. The van der Waals surface area contributed by atoms with Crippen LogP contribution in [-0.2, 0) is 6.42 Å². The van der Waals surface area contributed by atoms with Gasteiger partial charge >= 0.3 is 0 Å². The van der Waals surface area contributed by atoms with Crippen LogP contribution in [-0.4, -0.2) is 20.3 Å². The molecular formula is C11H15Br2NO2. The van der Waals surface area contributed by atoms with Crippen molar-refractivity contribution >= 4 is 31.9 Å². The summed E-state index contributed by atoms with van der Waals surface area (Å²) in [6.45, 7) is 1.97. The molecule has 0 aromatic heterocycles. The molecule has 0 bridgehead atoms. The number of ether oxygens (including phenoxy) is 2. The van der Waals surface area contributed by atoms with Gasteiger partial charge in [-0.3, -0.25) is 0 Å². The molecule has 5 heteroatoms. The maximum absolute atomic E-state index is 5.81. The van der Waals surface area contributed by atoms with E-state index in [0.29, 0.717) is 11.5 Å². The van der Waals surface area contributed by atoms with Gasteiger partial charge in [-0.1, -0.05) is 15.9 Å². The van der Waals surface area contributed by atoms with Crippen LogP contribution in [0, 0.1) is 0 Å². The molecule has 0 aliphatic carbocycles. The van der Waals surface area contributed by atoms with Gasteiger partial charge in [0.1, 0.15) is 0 Å². The molecule has 16 heavy (non-hydrogen) atoms. The van der Waals surface area contributed by atoms with E-state index in [9.17, 15) is 0 Å². The number of nitrogens with two attached hydrogens (primary N) is 1. The van der Waals surface area contributed by atoms with E-state index in [4.69, 9.17) is 15.2 Å². The first kappa shape index (κ1) is 13.8. The fourth-order valence-electron chi connectivity index (χ4n) is 1.47. The molecule has 90 valence electrons. The third-order valence-electron chi connectivity index (χ3n) is 2.18. The van der Waals surface area contributed by atoms with E-state index in [1.54, 1.807) is 14.2 Å². The van der Waals surface area contributed by atoms with E-state index in [1.807, 2.05) is 13.0 Å². The number of halogens is 2. The normalized spacial score (nSPS) is 12.4. The van der Waals surface area contributed by atoms with E-state index >= 15 is 0 Å². The van der Waals surface area contributed by atoms with Crippen LogP contribution in [0.1, 0.15) is 12.5 Å². The summed E-state index contributed by atoms with van der Waals surface area (Å²) in [5.41, 5.74) is 6.90. The minimum atomic E-state index is 0.0886. The summed E-state index contributed by atoms with van der Waals surface area (Å²) in [7, 11) is 3.23. The van der Waals surface area contributed by atoms with Gasteiger partial charge in [0.15, 0.2) is 11.5 Å². The number of hydrogen-bond donors (Lipinski definition) is 1. The highest BCUT2D eigenvalue weighted by Gasteiger charge is 2.17. The third-order valence-corrected chi connectivity index (χ3v) is 3.73. The van der Waals surface area contributed by atoms with Crippen LogP contribution in [0.15, 0.2) is 15.0 Å². The molecule has 1 atom stereocenters. The monoisotopic (exact) mass is 351 g/mol. The summed E-state index contributed by atoms with van der Waals surface area (Å²) < 4.78 is 12.4. The van der Waals surface area contributed by atoms with Crippen molar-refractivity contribution in [2.45, 2.75) is 19.4 Å². The second-order valence-electron chi connectivity index (χ2n) is 3.57. The van der Waals surface area contributed by atoms with Gasteiger partial charge in [-0.25, -0.2) is 0 Å². The zero-order valence-corrected chi connectivity index (χ0v) is 12.7. The molecule has 0 spiro atoms. The zero-order chi connectivity index (χ0) is 12.3. The van der Waals surface area contributed by atoms with E-state index < -0.39 is 0 Å². The first-order valence-corrected chi connectivity index (χ1v) is 6.44. The van der Waals surface area contributed by atoms with Crippen molar-refractivity contribution < 1.29 is 9.47 Å². The van der Waals surface area contributed by atoms with Crippen LogP contribution in [0.25, 0.3) is 0 Å². The molecule has 1 rings (SSSR count). The first-order valence-electron chi connectivity index (χ1n) is 4.85. The Labute approximate surface area is 113 Å². The number of benzene rings is 1. The van der Waals surface area contributed by atoms with Gasteiger partial charge in [0.05, 0.1) is 18.7 Å². The van der Waals surface area contributed by atoms with Crippen molar-refractivity contribution in [2.24, 2.45) is 5.73 Å². The lowest BCUT2D eigenvalue weighted by Gasteiger charge is -2.16. The smallest absolute Gasteiger partial charge is 0.175 e. The summed E-state index contributed by atoms with van der Waals surface area (Å²) in [6, 6.07) is 1.98. The second-order valence-corrected chi connectivity index (χ2v) is 5.22. The molecule has 0 amide bonds. The Morgan fingerprint density at radius 3 is 2.38 bits per heavy atom. The molecule has 1 unspecified atom stereocenters. The summed E-state index contributed by atoms with van der Waals surface area (Å²) >= 11 is 7.03. The van der Waals surface area contributed by atoms with Crippen LogP contribution in [0.4, 0.5) is 0 Å². The zero-order valence-electron chi connectivity index (χ0n) is 9.51. The summed E-state index contributed by atoms with van der Waals surface area (Å²) in [6.07, 6.45) is 0.765. The largest absolute Gasteiger partial charge is 0.493 e. The van der Waals surface area contributed by atoms with Gasteiger partial charge in [-0.05, 0) is 40.9 Å². The quantitative estimate of drug-likeness (QED) is 0.905. The molecule has 0 saturated carbocycles. The highest BCUT2D eigenvalue weighted by Crippen LogP contribution is 2.42. The van der Waals surface area contributed by atoms with Crippen LogP contribution in [0.2, 0.25) is 0 Å². The first-order chi connectivity index (χ1) is 7.51. The van der Waals surface area contributed by atoms with Gasteiger partial charge in [0, 0.05) is 10.5 Å². The van der Waals surface area contributed by atoms with Gasteiger partial charge in [-0.15, -0.1) is 0 Å². The lowest BCUT2D eigenvalue weighted by atomic mass is 10.1. The summed E-state index contributed by atoms with van der Waals surface area (Å²) in [5.74, 6) is 1.39. The van der Waals surface area contributed by atoms with Crippen LogP contribution in [0.5, 0.6) is 11.5 Å². The van der Waals surface area contributed by atoms with E-state index in [2.05, 4.69) is 31.9 Å². The predicted molar refractivity (Wildman–Crippen MR) is 72.3 cm³/mol. The fraction of sp³-hybridized carbons (Fsp3) is 0.455. The molecular weight excluding hydrogens is 338 g/mol. The molecule has 0 aliphatic heterocycles. The number of hydrogen-bond acceptors (Lipinski definition) is 3. The lowest BCUT2D eigenvalue weighted by Crippen LogP contribution is -2.18. The van der Waals surface area contributed by atoms with Crippen molar-refractivity contribution in [3.63, 3.8) is 0 Å². The molecule has 0 radical (unpaired) electrons. The minimum Gasteiger partial charge on any atom is -0.493 e. The Bertz CT molecular complexity index is 381. The molecule has 1 aromatic carbocycles. The Balaban J connectivity index is 3.29. The fourth-order valence-corrected chi connectivity index (χ4v) is 3.04. The molecule has 3 nitrogen and oxygen atoms in total. The highest BCUT2D eigenvalue weighted by atomic mass is 79.9. The Morgan fingerprint density at radius 2 is 1.94 bits per heavy atom. The third kappa shape index (κ3) is 2.90. The van der Waals surface area contributed by atoms with Crippen molar-refractivity contribution in [2.75, 3.05) is 14.2 Å². The predicted octanol–water partition coefficient (Wildman–Crippen LogP) is 3.12. The summed E-state index contributed by atoms with van der Waals surface area (Å²) in [5, 5.41) is 0. The van der Waals surface area contributed by atoms with Gasteiger partial charge < -0.3 is 15.2 Å². The van der Waals surface area contributed by atoms with Crippen molar-refractivity contribution in [3.05, 3.63) is 20.6 Å². The topological polar surface area (TPSA) is 44.5 Å². The number of methoxy groups -OCH3 is 2. The van der Waals surface area contributed by atoms with Gasteiger partial charge in [-0.2, -0.15) is 0 Å². The maximum Gasteiger partial charge on any atom is 0.175 e. The molecule has 0 saturated heterocycles. The average Bonchev–Trinajstić information content (AvgIpc) is 2.23. The van der Waals surface area contributed by atoms with Crippen LogP contribution in [0.3, 0.4) is 0 Å². The van der Waals surface area contributed by atoms with Crippen molar-refractivity contribution in [3.8, 4) is 11.5 Å². The van der Waals surface area contributed by atoms with E-state index in [-0.39, 0.29) is 6.04 Å². The van der Waals surface area contributed by atoms with Crippen LogP contribution >= 0.6 is 31.9 Å². The van der Waals surface area contributed by atoms with Gasteiger partial charge in [0.2, 0.25) is 0 Å². The molecule has 2 N–H and O–H groups in total. The SMILES string of the molecule is COc1cc(Br)c(CC(C)N)c(Br)c1OC. The molecule has 0 heterocycles. The Hall–Kier alpha value is -0.260. The maximum atomic E-state index is 5.81. The summed E-state index contributed by atoms with van der Waals surface area (Å²) in [4.78, 5) is 0. The van der Waals surface area contributed by atoms with E-state index in [1.165, 1.54) is 0 Å². The molecule has 0 fully saturated rings. The highest BCUT2D eigenvalue weighted by molar-refractivity contribution is 9.11. The van der Waals surface area contributed by atoms with Crippen LogP contribution < -0.4 is 15.2 Å². The van der Waals surface area contributed by atoms with Gasteiger partial charge in [0.25, 0.3) is 0 Å². The molecule has 1 aromatic rings. The minimum absolute atomic E-state index is 0.0886. The Morgan fingerprint density at radius 1 is 1.31 bits per heavy atom. The molecule has 0 aliphatic rings. The van der Waals surface area contributed by atoms with Crippen molar-refractivity contribution in [1.29, 1.82) is 0 Å².